The zero-order valence-electron chi connectivity index (χ0n) is 14.0. The molecule has 2 rings (SSSR count). The lowest BCUT2D eigenvalue weighted by molar-refractivity contribution is -0.114. The Hall–Kier alpha value is -1.76. The van der Waals surface area contributed by atoms with Crippen molar-refractivity contribution in [3.63, 3.8) is 0 Å². The van der Waals surface area contributed by atoms with Gasteiger partial charge >= 0.3 is 0 Å². The van der Waals surface area contributed by atoms with E-state index in [4.69, 9.17) is 23.2 Å². The van der Waals surface area contributed by atoms with Gasteiger partial charge in [-0.3, -0.25) is 9.10 Å². The van der Waals surface area contributed by atoms with Gasteiger partial charge in [0, 0.05) is 15.7 Å². The molecule has 0 fully saturated rings. The van der Waals surface area contributed by atoms with Crippen molar-refractivity contribution in [2.24, 2.45) is 0 Å². The average Bonchev–Trinajstić information content (AvgIpc) is 2.41. The fraction of sp³-hybridized carbons (Fsp3) is 0.235. The fourth-order valence-electron chi connectivity index (χ4n) is 2.46. The lowest BCUT2D eigenvalue weighted by Crippen LogP contribution is -2.37. The molecule has 0 spiro atoms. The van der Waals surface area contributed by atoms with Crippen LogP contribution in [-0.2, 0) is 14.8 Å². The molecule has 0 atom stereocenters. The Bertz CT molecular complexity index is 874. The molecule has 0 unspecified atom stereocenters. The first-order valence-electron chi connectivity index (χ1n) is 7.36. The van der Waals surface area contributed by atoms with Crippen LogP contribution >= 0.6 is 23.2 Å². The highest BCUT2D eigenvalue weighted by Crippen LogP contribution is 2.27. The molecule has 0 radical (unpaired) electrons. The van der Waals surface area contributed by atoms with Gasteiger partial charge in [-0.2, -0.15) is 0 Å². The number of carbonyl (C=O) groups is 1. The quantitative estimate of drug-likeness (QED) is 0.823. The predicted molar refractivity (Wildman–Crippen MR) is 103 cm³/mol. The predicted octanol–water partition coefficient (Wildman–Crippen LogP) is 4.01. The van der Waals surface area contributed by atoms with Crippen LogP contribution in [0.25, 0.3) is 0 Å². The minimum absolute atomic E-state index is 0.232. The Labute approximate surface area is 157 Å². The van der Waals surface area contributed by atoms with Crippen molar-refractivity contribution in [2.75, 3.05) is 22.4 Å². The molecular formula is C17H18Cl2N2O3S. The number of halogens is 2. The van der Waals surface area contributed by atoms with Gasteiger partial charge in [0.05, 0.1) is 11.9 Å². The van der Waals surface area contributed by atoms with Crippen LogP contribution in [0.5, 0.6) is 0 Å². The van der Waals surface area contributed by atoms with Crippen molar-refractivity contribution in [3.05, 3.63) is 57.6 Å². The summed E-state index contributed by atoms with van der Waals surface area (Å²) >= 11 is 11.9. The average molecular weight is 401 g/mol. The van der Waals surface area contributed by atoms with Crippen LogP contribution in [0.4, 0.5) is 11.4 Å². The molecule has 25 heavy (non-hydrogen) atoms. The molecular weight excluding hydrogens is 383 g/mol. The number of amides is 1. The molecule has 0 aromatic heterocycles. The number of aryl methyl sites for hydroxylation is 2. The number of sulfonamides is 1. The lowest BCUT2D eigenvalue weighted by atomic mass is 10.1. The van der Waals surface area contributed by atoms with Gasteiger partial charge in [-0.05, 0) is 55.3 Å². The maximum absolute atomic E-state index is 12.4. The number of nitrogens with zero attached hydrogens (tertiary/aromatic N) is 1. The summed E-state index contributed by atoms with van der Waals surface area (Å²) < 4.78 is 25.2. The van der Waals surface area contributed by atoms with Crippen LogP contribution in [0.2, 0.25) is 10.0 Å². The Kier molecular flexibility index (Phi) is 5.98. The van der Waals surface area contributed by atoms with E-state index in [9.17, 15) is 13.2 Å². The zero-order chi connectivity index (χ0) is 18.8. The number of rotatable bonds is 5. The van der Waals surface area contributed by atoms with E-state index in [0.717, 1.165) is 21.7 Å². The van der Waals surface area contributed by atoms with Crippen LogP contribution in [0.15, 0.2) is 36.4 Å². The summed E-state index contributed by atoms with van der Waals surface area (Å²) in [5.74, 6) is -0.466. The Morgan fingerprint density at radius 3 is 2.00 bits per heavy atom. The number of benzene rings is 2. The van der Waals surface area contributed by atoms with Gasteiger partial charge in [0.2, 0.25) is 15.9 Å². The van der Waals surface area contributed by atoms with E-state index >= 15 is 0 Å². The summed E-state index contributed by atoms with van der Waals surface area (Å²) in [6.07, 6.45) is 1.02. The molecule has 8 heteroatoms. The molecule has 0 heterocycles. The summed E-state index contributed by atoms with van der Waals surface area (Å²) in [5.41, 5.74) is 2.84. The first-order chi connectivity index (χ1) is 11.5. The maximum atomic E-state index is 12.4. The number of nitrogens with one attached hydrogen (secondary N) is 1. The molecule has 0 saturated carbocycles. The first kappa shape index (κ1) is 19.6. The van der Waals surface area contributed by atoms with E-state index in [1.165, 1.54) is 18.2 Å². The van der Waals surface area contributed by atoms with Crippen molar-refractivity contribution in [1.82, 2.24) is 0 Å². The number of hydrogen-bond acceptors (Lipinski definition) is 3. The summed E-state index contributed by atoms with van der Waals surface area (Å²) in [7, 11) is -3.70. The van der Waals surface area contributed by atoms with Gasteiger partial charge in [-0.15, -0.1) is 0 Å². The van der Waals surface area contributed by atoms with E-state index in [1.807, 2.05) is 32.0 Å². The topological polar surface area (TPSA) is 66.5 Å². The van der Waals surface area contributed by atoms with Crippen molar-refractivity contribution < 1.29 is 13.2 Å². The Morgan fingerprint density at radius 1 is 1.00 bits per heavy atom. The lowest BCUT2D eigenvalue weighted by Gasteiger charge is -2.22. The minimum atomic E-state index is -3.70. The van der Waals surface area contributed by atoms with E-state index < -0.39 is 15.9 Å². The molecule has 1 amide bonds. The van der Waals surface area contributed by atoms with E-state index in [-0.39, 0.29) is 22.3 Å². The van der Waals surface area contributed by atoms with Crippen LogP contribution in [-0.4, -0.2) is 27.1 Å². The second-order valence-corrected chi connectivity index (χ2v) is 8.60. The third-order valence-corrected chi connectivity index (χ3v) is 4.91. The molecule has 0 saturated heterocycles. The molecule has 0 bridgehead atoms. The van der Waals surface area contributed by atoms with Gasteiger partial charge < -0.3 is 5.32 Å². The minimum Gasteiger partial charge on any atom is -0.324 e. The fourth-order valence-corrected chi connectivity index (χ4v) is 3.82. The Balaban J connectivity index is 2.26. The second-order valence-electron chi connectivity index (χ2n) is 5.82. The molecule has 0 aliphatic carbocycles. The van der Waals surface area contributed by atoms with Gasteiger partial charge in [0.15, 0.2) is 0 Å². The highest BCUT2D eigenvalue weighted by atomic mass is 35.5. The SMILES string of the molecule is Cc1cc(C)cc(NC(=O)CN(c2cc(Cl)cc(Cl)c2)S(C)(=O)=O)c1. The highest BCUT2D eigenvalue weighted by Gasteiger charge is 2.22. The van der Waals surface area contributed by atoms with Gasteiger partial charge in [0.25, 0.3) is 0 Å². The van der Waals surface area contributed by atoms with Crippen LogP contribution in [0, 0.1) is 13.8 Å². The van der Waals surface area contributed by atoms with E-state index in [0.29, 0.717) is 5.69 Å². The normalized spacial score (nSPS) is 11.2. The standard InChI is InChI=1S/C17H18Cl2N2O3S/c1-11-4-12(2)6-15(5-11)20-17(22)10-21(25(3,23)24)16-8-13(18)7-14(19)9-16/h4-9H,10H2,1-3H3,(H,20,22). The summed E-state index contributed by atoms with van der Waals surface area (Å²) in [6.45, 7) is 3.45. The molecule has 1 N–H and O–H groups in total. The summed E-state index contributed by atoms with van der Waals surface area (Å²) in [6, 6.07) is 9.98. The van der Waals surface area contributed by atoms with Crippen LogP contribution < -0.4 is 9.62 Å². The van der Waals surface area contributed by atoms with Gasteiger partial charge in [0.1, 0.15) is 6.54 Å². The van der Waals surface area contributed by atoms with Crippen molar-refractivity contribution in [2.45, 2.75) is 13.8 Å². The smallest absolute Gasteiger partial charge is 0.245 e. The van der Waals surface area contributed by atoms with Gasteiger partial charge in [-0.1, -0.05) is 29.3 Å². The molecule has 0 aliphatic heterocycles. The molecule has 0 aliphatic rings. The van der Waals surface area contributed by atoms with E-state index in [1.54, 1.807) is 0 Å². The van der Waals surface area contributed by atoms with E-state index in [2.05, 4.69) is 5.32 Å². The molecule has 2 aromatic carbocycles. The molecule has 5 nitrogen and oxygen atoms in total. The number of anilines is 2. The second kappa shape index (κ2) is 7.64. The largest absolute Gasteiger partial charge is 0.324 e. The monoisotopic (exact) mass is 400 g/mol. The third kappa shape index (κ3) is 5.63. The summed E-state index contributed by atoms with van der Waals surface area (Å²) in [4.78, 5) is 12.4. The van der Waals surface area contributed by atoms with Crippen LogP contribution in [0.1, 0.15) is 11.1 Å². The Morgan fingerprint density at radius 2 is 1.52 bits per heavy atom. The summed E-state index contributed by atoms with van der Waals surface area (Å²) in [5, 5.41) is 3.28. The number of carbonyl (C=O) groups excluding carboxylic acids is 1. The van der Waals surface area contributed by atoms with Gasteiger partial charge in [-0.25, -0.2) is 8.42 Å². The first-order valence-corrected chi connectivity index (χ1v) is 9.97. The molecule has 134 valence electrons. The third-order valence-electron chi connectivity index (χ3n) is 3.33. The van der Waals surface area contributed by atoms with Crippen LogP contribution in [0.3, 0.4) is 0 Å². The van der Waals surface area contributed by atoms with Crippen molar-refractivity contribution in [1.29, 1.82) is 0 Å². The highest BCUT2D eigenvalue weighted by molar-refractivity contribution is 7.92. The van der Waals surface area contributed by atoms with Crippen molar-refractivity contribution >= 4 is 50.5 Å². The number of hydrogen-bond donors (Lipinski definition) is 1. The van der Waals surface area contributed by atoms with Crippen molar-refractivity contribution in [3.8, 4) is 0 Å². The molecule has 2 aromatic rings. The maximum Gasteiger partial charge on any atom is 0.245 e. The zero-order valence-corrected chi connectivity index (χ0v) is 16.3.